The van der Waals surface area contributed by atoms with Gasteiger partial charge in [0, 0.05) is 30.1 Å². The molecule has 1 heterocycles. The van der Waals surface area contributed by atoms with Crippen LogP contribution >= 0.6 is 0 Å². The minimum Gasteiger partial charge on any atom is -0.493 e. The zero-order valence-electron chi connectivity index (χ0n) is 11.8. The van der Waals surface area contributed by atoms with E-state index in [0.717, 1.165) is 11.3 Å². The fraction of sp³-hybridized carbons (Fsp3) is 0.267. The van der Waals surface area contributed by atoms with Gasteiger partial charge in [0.1, 0.15) is 0 Å². The lowest BCUT2D eigenvalue weighted by molar-refractivity contribution is 0.355. The minimum atomic E-state index is 0.618. The van der Waals surface area contributed by atoms with Gasteiger partial charge >= 0.3 is 0 Å². The van der Waals surface area contributed by atoms with E-state index in [1.165, 1.54) is 0 Å². The second kappa shape index (κ2) is 6.65. The maximum absolute atomic E-state index is 5.27. The number of hydrogen-bond acceptors (Lipinski definition) is 5. The summed E-state index contributed by atoms with van der Waals surface area (Å²) in [5, 5.41) is 3.31. The van der Waals surface area contributed by atoms with Crippen molar-refractivity contribution in [3.8, 4) is 17.4 Å². The van der Waals surface area contributed by atoms with Gasteiger partial charge in [0.15, 0.2) is 11.5 Å². The molecule has 106 valence electrons. The van der Waals surface area contributed by atoms with E-state index in [-0.39, 0.29) is 0 Å². The predicted molar refractivity (Wildman–Crippen MR) is 77.7 cm³/mol. The van der Waals surface area contributed by atoms with E-state index in [2.05, 4.69) is 10.3 Å². The molecule has 0 atom stereocenters. The van der Waals surface area contributed by atoms with Crippen molar-refractivity contribution >= 4 is 5.69 Å². The third-order valence-corrected chi connectivity index (χ3v) is 2.91. The Balaban J connectivity index is 2.11. The van der Waals surface area contributed by atoms with E-state index in [1.807, 2.05) is 30.3 Å². The van der Waals surface area contributed by atoms with Crippen molar-refractivity contribution in [2.45, 2.75) is 6.54 Å². The zero-order chi connectivity index (χ0) is 14.4. The van der Waals surface area contributed by atoms with Crippen LogP contribution in [-0.2, 0) is 6.54 Å². The molecule has 20 heavy (non-hydrogen) atoms. The molecule has 1 aromatic carbocycles. The van der Waals surface area contributed by atoms with Gasteiger partial charge in [-0.3, -0.25) is 0 Å². The Morgan fingerprint density at radius 1 is 1.00 bits per heavy atom. The standard InChI is InChI=1S/C15H18N2O3/c1-18-13-7-6-12(9-14(13)19-2)17-10-11-5-4-8-16-15(11)20-3/h4-9,17H,10H2,1-3H3. The van der Waals surface area contributed by atoms with Crippen molar-refractivity contribution in [3.05, 3.63) is 42.1 Å². The second-order valence-corrected chi connectivity index (χ2v) is 4.10. The van der Waals surface area contributed by atoms with Crippen molar-refractivity contribution in [1.29, 1.82) is 0 Å². The predicted octanol–water partition coefficient (Wildman–Crippen LogP) is 2.72. The molecule has 0 saturated carbocycles. The molecule has 0 aliphatic heterocycles. The summed E-state index contributed by atoms with van der Waals surface area (Å²) in [5.41, 5.74) is 1.93. The van der Waals surface area contributed by atoms with Crippen LogP contribution in [0.5, 0.6) is 17.4 Å². The summed E-state index contributed by atoms with van der Waals surface area (Å²) in [7, 11) is 4.85. The third kappa shape index (κ3) is 3.12. The molecule has 2 rings (SSSR count). The van der Waals surface area contributed by atoms with Crippen molar-refractivity contribution in [3.63, 3.8) is 0 Å². The van der Waals surface area contributed by atoms with Crippen LogP contribution in [0.15, 0.2) is 36.5 Å². The monoisotopic (exact) mass is 274 g/mol. The fourth-order valence-corrected chi connectivity index (χ4v) is 1.89. The van der Waals surface area contributed by atoms with Crippen LogP contribution < -0.4 is 19.5 Å². The van der Waals surface area contributed by atoms with Gasteiger partial charge in [-0.1, -0.05) is 6.07 Å². The summed E-state index contributed by atoms with van der Waals surface area (Å²) in [6, 6.07) is 9.54. The molecule has 0 unspecified atom stereocenters. The molecule has 1 aromatic heterocycles. The van der Waals surface area contributed by atoms with Gasteiger partial charge in [-0.2, -0.15) is 0 Å². The number of pyridine rings is 1. The molecular weight excluding hydrogens is 256 g/mol. The van der Waals surface area contributed by atoms with Gasteiger partial charge in [0.2, 0.25) is 5.88 Å². The highest BCUT2D eigenvalue weighted by molar-refractivity contribution is 5.55. The highest BCUT2D eigenvalue weighted by atomic mass is 16.5. The van der Waals surface area contributed by atoms with Crippen LogP contribution in [0, 0.1) is 0 Å². The largest absolute Gasteiger partial charge is 0.493 e. The molecule has 0 fully saturated rings. The SMILES string of the molecule is COc1ccc(NCc2cccnc2OC)cc1OC. The first-order chi connectivity index (χ1) is 9.78. The van der Waals surface area contributed by atoms with Gasteiger partial charge in [0.05, 0.1) is 21.3 Å². The lowest BCUT2D eigenvalue weighted by Crippen LogP contribution is -2.03. The number of ether oxygens (including phenoxy) is 3. The molecule has 0 aliphatic carbocycles. The summed E-state index contributed by atoms with van der Waals surface area (Å²) >= 11 is 0. The number of rotatable bonds is 6. The molecule has 2 aromatic rings. The third-order valence-electron chi connectivity index (χ3n) is 2.91. The number of anilines is 1. The van der Waals surface area contributed by atoms with Crippen LogP contribution in [0.1, 0.15) is 5.56 Å². The molecular formula is C15H18N2O3. The summed E-state index contributed by atoms with van der Waals surface area (Å²) in [5.74, 6) is 2.02. The summed E-state index contributed by atoms with van der Waals surface area (Å²) in [6.07, 6.45) is 1.71. The lowest BCUT2D eigenvalue weighted by atomic mass is 10.2. The summed E-state index contributed by atoms with van der Waals surface area (Å²) in [6.45, 7) is 0.618. The van der Waals surface area contributed by atoms with Crippen LogP contribution in [0.25, 0.3) is 0 Å². The maximum atomic E-state index is 5.27. The van der Waals surface area contributed by atoms with Crippen LogP contribution in [-0.4, -0.2) is 26.3 Å². The van der Waals surface area contributed by atoms with E-state index in [9.17, 15) is 0 Å². The quantitative estimate of drug-likeness (QED) is 0.877. The smallest absolute Gasteiger partial charge is 0.218 e. The number of methoxy groups -OCH3 is 3. The first kappa shape index (κ1) is 14.0. The summed E-state index contributed by atoms with van der Waals surface area (Å²) < 4.78 is 15.7. The van der Waals surface area contributed by atoms with Crippen LogP contribution in [0.4, 0.5) is 5.69 Å². The Kier molecular flexibility index (Phi) is 4.65. The fourth-order valence-electron chi connectivity index (χ4n) is 1.89. The average molecular weight is 274 g/mol. The first-order valence-corrected chi connectivity index (χ1v) is 6.22. The van der Waals surface area contributed by atoms with E-state index in [4.69, 9.17) is 14.2 Å². The van der Waals surface area contributed by atoms with E-state index in [1.54, 1.807) is 27.5 Å². The Hall–Kier alpha value is -2.43. The maximum Gasteiger partial charge on any atom is 0.218 e. The highest BCUT2D eigenvalue weighted by Gasteiger charge is 2.06. The van der Waals surface area contributed by atoms with Crippen molar-refractivity contribution < 1.29 is 14.2 Å². The first-order valence-electron chi connectivity index (χ1n) is 6.22. The number of aromatic nitrogens is 1. The van der Waals surface area contributed by atoms with Gasteiger partial charge in [-0.05, 0) is 18.2 Å². The van der Waals surface area contributed by atoms with Gasteiger partial charge in [-0.25, -0.2) is 4.98 Å². The number of benzene rings is 1. The average Bonchev–Trinajstić information content (AvgIpc) is 2.52. The molecule has 0 saturated heterocycles. The Labute approximate surface area is 118 Å². The molecule has 5 nitrogen and oxygen atoms in total. The lowest BCUT2D eigenvalue weighted by Gasteiger charge is -2.12. The van der Waals surface area contributed by atoms with Crippen molar-refractivity contribution in [2.75, 3.05) is 26.6 Å². The zero-order valence-corrected chi connectivity index (χ0v) is 11.8. The van der Waals surface area contributed by atoms with E-state index in [0.29, 0.717) is 23.9 Å². The molecule has 0 radical (unpaired) electrons. The van der Waals surface area contributed by atoms with Crippen LogP contribution in [0.3, 0.4) is 0 Å². The number of nitrogens with one attached hydrogen (secondary N) is 1. The molecule has 1 N–H and O–H groups in total. The van der Waals surface area contributed by atoms with Gasteiger partial charge in [0.25, 0.3) is 0 Å². The molecule has 5 heteroatoms. The Morgan fingerprint density at radius 2 is 1.80 bits per heavy atom. The van der Waals surface area contributed by atoms with E-state index >= 15 is 0 Å². The highest BCUT2D eigenvalue weighted by Crippen LogP contribution is 2.30. The molecule has 0 amide bonds. The normalized spacial score (nSPS) is 9.95. The molecule has 0 spiro atoms. The Bertz CT molecular complexity index is 573. The molecule has 0 aliphatic rings. The van der Waals surface area contributed by atoms with Gasteiger partial charge < -0.3 is 19.5 Å². The van der Waals surface area contributed by atoms with Crippen LogP contribution in [0.2, 0.25) is 0 Å². The Morgan fingerprint density at radius 3 is 2.50 bits per heavy atom. The van der Waals surface area contributed by atoms with Crippen molar-refractivity contribution in [2.24, 2.45) is 0 Å². The second-order valence-electron chi connectivity index (χ2n) is 4.10. The summed E-state index contributed by atoms with van der Waals surface area (Å²) in [4.78, 5) is 4.16. The topological polar surface area (TPSA) is 52.6 Å². The number of hydrogen-bond donors (Lipinski definition) is 1. The molecule has 0 bridgehead atoms. The number of nitrogens with zero attached hydrogens (tertiary/aromatic N) is 1. The minimum absolute atomic E-state index is 0.618. The van der Waals surface area contributed by atoms with Crippen molar-refractivity contribution in [1.82, 2.24) is 4.98 Å². The van der Waals surface area contributed by atoms with E-state index < -0.39 is 0 Å². The van der Waals surface area contributed by atoms with Gasteiger partial charge in [-0.15, -0.1) is 0 Å².